The van der Waals surface area contributed by atoms with Gasteiger partial charge in [0.05, 0.1) is 0 Å². The van der Waals surface area contributed by atoms with E-state index in [1.165, 1.54) is 0 Å². The van der Waals surface area contributed by atoms with Crippen molar-refractivity contribution >= 4 is 11.8 Å². The molecule has 0 saturated heterocycles. The van der Waals surface area contributed by atoms with Crippen LogP contribution in [-0.2, 0) is 9.59 Å². The third kappa shape index (κ3) is 6.90. The summed E-state index contributed by atoms with van der Waals surface area (Å²) in [6, 6.07) is -0.404. The maximum absolute atomic E-state index is 11.4. The normalized spacial score (nSPS) is 12.3. The summed E-state index contributed by atoms with van der Waals surface area (Å²) >= 11 is 0. The van der Waals surface area contributed by atoms with Crippen LogP contribution in [0.3, 0.4) is 0 Å². The Bertz CT molecular complexity index is 217. The standard InChI is InChI=1S/C10H21N3O2/c1-7(2)12-10(15)8(3)13-9(14)5-4-6-11/h7-8H,4-6,11H2,1-3H3,(H,12,15)(H,13,14)/t8-/m0/s1. The molecule has 2 amide bonds. The van der Waals surface area contributed by atoms with Crippen molar-refractivity contribution in [1.29, 1.82) is 0 Å². The second kappa shape index (κ2) is 7.23. The van der Waals surface area contributed by atoms with Crippen LogP contribution in [0.15, 0.2) is 0 Å². The molecule has 15 heavy (non-hydrogen) atoms. The molecule has 0 aromatic carbocycles. The van der Waals surface area contributed by atoms with Gasteiger partial charge >= 0.3 is 0 Å². The number of hydrogen-bond donors (Lipinski definition) is 3. The first kappa shape index (κ1) is 13.9. The molecule has 0 rings (SSSR count). The Kier molecular flexibility index (Phi) is 6.70. The number of carbonyl (C=O) groups excluding carboxylic acids is 2. The minimum atomic E-state index is -0.488. The van der Waals surface area contributed by atoms with Crippen molar-refractivity contribution in [2.24, 2.45) is 5.73 Å². The van der Waals surface area contributed by atoms with Gasteiger partial charge in [-0.3, -0.25) is 9.59 Å². The number of carbonyl (C=O) groups is 2. The lowest BCUT2D eigenvalue weighted by Crippen LogP contribution is -2.46. The molecule has 0 aliphatic heterocycles. The zero-order chi connectivity index (χ0) is 11.8. The van der Waals surface area contributed by atoms with E-state index in [0.717, 1.165) is 0 Å². The first-order valence-corrected chi connectivity index (χ1v) is 5.27. The van der Waals surface area contributed by atoms with Crippen LogP contribution in [0, 0.1) is 0 Å². The molecular formula is C10H21N3O2. The lowest BCUT2D eigenvalue weighted by molar-refractivity contribution is -0.128. The first-order valence-electron chi connectivity index (χ1n) is 5.27. The van der Waals surface area contributed by atoms with Crippen LogP contribution in [0.25, 0.3) is 0 Å². The van der Waals surface area contributed by atoms with Crippen LogP contribution in [0.4, 0.5) is 0 Å². The highest BCUT2D eigenvalue weighted by Crippen LogP contribution is 1.90. The Morgan fingerprint density at radius 1 is 1.20 bits per heavy atom. The molecule has 4 N–H and O–H groups in total. The summed E-state index contributed by atoms with van der Waals surface area (Å²) < 4.78 is 0. The molecule has 0 aliphatic carbocycles. The van der Waals surface area contributed by atoms with E-state index in [1.807, 2.05) is 13.8 Å². The van der Waals surface area contributed by atoms with Crippen LogP contribution >= 0.6 is 0 Å². The van der Waals surface area contributed by atoms with Gasteiger partial charge in [0.15, 0.2) is 0 Å². The minimum Gasteiger partial charge on any atom is -0.352 e. The van der Waals surface area contributed by atoms with E-state index in [4.69, 9.17) is 5.73 Å². The number of nitrogens with one attached hydrogen (secondary N) is 2. The predicted octanol–water partition coefficient (Wildman–Crippen LogP) is -0.245. The lowest BCUT2D eigenvalue weighted by Gasteiger charge is -2.15. The molecule has 1 atom stereocenters. The van der Waals surface area contributed by atoms with Crippen molar-refractivity contribution in [3.63, 3.8) is 0 Å². The highest BCUT2D eigenvalue weighted by Gasteiger charge is 2.15. The molecule has 0 saturated carbocycles. The summed E-state index contributed by atoms with van der Waals surface area (Å²) in [5.74, 6) is -0.294. The highest BCUT2D eigenvalue weighted by molar-refractivity contribution is 5.87. The Hall–Kier alpha value is -1.10. The van der Waals surface area contributed by atoms with E-state index in [-0.39, 0.29) is 17.9 Å². The molecule has 0 spiro atoms. The molecule has 0 bridgehead atoms. The van der Waals surface area contributed by atoms with Gasteiger partial charge in [-0.15, -0.1) is 0 Å². The molecular weight excluding hydrogens is 194 g/mol. The number of amides is 2. The SMILES string of the molecule is CC(C)NC(=O)[C@H](C)NC(=O)CCCN. The van der Waals surface area contributed by atoms with E-state index >= 15 is 0 Å². The quantitative estimate of drug-likeness (QED) is 0.571. The maximum Gasteiger partial charge on any atom is 0.242 e. The van der Waals surface area contributed by atoms with Gasteiger partial charge in [0.2, 0.25) is 11.8 Å². The highest BCUT2D eigenvalue weighted by atomic mass is 16.2. The van der Waals surface area contributed by atoms with Crippen LogP contribution in [-0.4, -0.2) is 30.4 Å². The fourth-order valence-corrected chi connectivity index (χ4v) is 1.05. The average molecular weight is 215 g/mol. The van der Waals surface area contributed by atoms with Crippen LogP contribution in [0.5, 0.6) is 0 Å². The van der Waals surface area contributed by atoms with Crippen LogP contribution in [0.2, 0.25) is 0 Å². The minimum absolute atomic E-state index is 0.0842. The summed E-state index contributed by atoms with van der Waals surface area (Å²) in [6.07, 6.45) is 1.01. The lowest BCUT2D eigenvalue weighted by atomic mass is 10.2. The summed E-state index contributed by atoms with van der Waals surface area (Å²) in [4.78, 5) is 22.7. The maximum atomic E-state index is 11.4. The fourth-order valence-electron chi connectivity index (χ4n) is 1.05. The Morgan fingerprint density at radius 2 is 1.80 bits per heavy atom. The van der Waals surface area contributed by atoms with E-state index in [1.54, 1.807) is 6.92 Å². The predicted molar refractivity (Wildman–Crippen MR) is 59.2 cm³/mol. The number of rotatable bonds is 6. The van der Waals surface area contributed by atoms with Crippen molar-refractivity contribution in [2.45, 2.75) is 45.7 Å². The summed E-state index contributed by atoms with van der Waals surface area (Å²) in [5.41, 5.74) is 5.27. The molecule has 88 valence electrons. The van der Waals surface area contributed by atoms with Crippen molar-refractivity contribution in [3.8, 4) is 0 Å². The Balaban J connectivity index is 3.85. The monoisotopic (exact) mass is 215 g/mol. The topological polar surface area (TPSA) is 84.2 Å². The Labute approximate surface area is 90.8 Å². The molecule has 0 aromatic heterocycles. The molecule has 0 aliphatic rings. The molecule has 0 radical (unpaired) electrons. The largest absolute Gasteiger partial charge is 0.352 e. The third-order valence-electron chi connectivity index (χ3n) is 1.81. The smallest absolute Gasteiger partial charge is 0.242 e. The number of hydrogen-bond acceptors (Lipinski definition) is 3. The van der Waals surface area contributed by atoms with Gasteiger partial charge in [-0.2, -0.15) is 0 Å². The molecule has 5 nitrogen and oxygen atoms in total. The summed E-state index contributed by atoms with van der Waals surface area (Å²) in [5, 5.41) is 5.34. The second-order valence-electron chi connectivity index (χ2n) is 3.84. The van der Waals surface area contributed by atoms with Crippen LogP contribution in [0.1, 0.15) is 33.6 Å². The van der Waals surface area contributed by atoms with Gasteiger partial charge < -0.3 is 16.4 Å². The van der Waals surface area contributed by atoms with Crippen LogP contribution < -0.4 is 16.4 Å². The van der Waals surface area contributed by atoms with E-state index < -0.39 is 6.04 Å². The zero-order valence-electron chi connectivity index (χ0n) is 9.67. The summed E-state index contributed by atoms with van der Waals surface area (Å²) in [7, 11) is 0. The van der Waals surface area contributed by atoms with E-state index in [0.29, 0.717) is 19.4 Å². The Morgan fingerprint density at radius 3 is 2.27 bits per heavy atom. The molecule has 5 heteroatoms. The molecule has 0 aromatic rings. The first-order chi connectivity index (χ1) is 6.97. The number of nitrogens with two attached hydrogens (primary N) is 1. The molecule has 0 heterocycles. The second-order valence-corrected chi connectivity index (χ2v) is 3.84. The van der Waals surface area contributed by atoms with Crippen molar-refractivity contribution in [1.82, 2.24) is 10.6 Å². The fraction of sp³-hybridized carbons (Fsp3) is 0.800. The molecule has 0 unspecified atom stereocenters. The van der Waals surface area contributed by atoms with Gasteiger partial charge in [-0.1, -0.05) is 0 Å². The van der Waals surface area contributed by atoms with Gasteiger partial charge in [-0.05, 0) is 33.7 Å². The molecule has 0 fully saturated rings. The van der Waals surface area contributed by atoms with E-state index in [9.17, 15) is 9.59 Å². The van der Waals surface area contributed by atoms with Gasteiger partial charge in [-0.25, -0.2) is 0 Å². The third-order valence-corrected chi connectivity index (χ3v) is 1.81. The van der Waals surface area contributed by atoms with E-state index in [2.05, 4.69) is 10.6 Å². The van der Waals surface area contributed by atoms with Gasteiger partial charge in [0.25, 0.3) is 0 Å². The zero-order valence-corrected chi connectivity index (χ0v) is 9.67. The summed E-state index contributed by atoms with van der Waals surface area (Å²) in [6.45, 7) is 5.90. The van der Waals surface area contributed by atoms with Crippen molar-refractivity contribution in [2.75, 3.05) is 6.54 Å². The van der Waals surface area contributed by atoms with Crippen molar-refractivity contribution < 1.29 is 9.59 Å². The average Bonchev–Trinajstić information content (AvgIpc) is 2.13. The van der Waals surface area contributed by atoms with Gasteiger partial charge in [0, 0.05) is 12.5 Å². The van der Waals surface area contributed by atoms with Crippen molar-refractivity contribution in [3.05, 3.63) is 0 Å². The van der Waals surface area contributed by atoms with Gasteiger partial charge in [0.1, 0.15) is 6.04 Å².